The van der Waals surface area contributed by atoms with Crippen LogP contribution in [0.15, 0.2) is 41.6 Å². The maximum atomic E-state index is 15.4. The molecular formula is C16H12F5N3O2S. The van der Waals surface area contributed by atoms with E-state index in [1.807, 2.05) is 0 Å². The van der Waals surface area contributed by atoms with E-state index in [9.17, 15) is 26.0 Å². The van der Waals surface area contributed by atoms with Crippen molar-refractivity contribution in [2.24, 2.45) is 0 Å². The molecule has 0 amide bonds. The molecule has 2 aromatic rings. The lowest BCUT2D eigenvalue weighted by Gasteiger charge is -2.35. The van der Waals surface area contributed by atoms with Gasteiger partial charge in [-0.15, -0.1) is 0 Å². The van der Waals surface area contributed by atoms with Gasteiger partial charge in [-0.1, -0.05) is 6.92 Å². The fourth-order valence-corrected chi connectivity index (χ4v) is 4.05. The zero-order chi connectivity index (χ0) is 20.4. The quantitative estimate of drug-likeness (QED) is 0.546. The van der Waals surface area contributed by atoms with Crippen LogP contribution in [0, 0.1) is 23.0 Å². The van der Waals surface area contributed by atoms with Gasteiger partial charge in [0.25, 0.3) is 12.2 Å². The molecule has 2 rings (SSSR count). The largest absolute Gasteiger partial charge is 0.291 e. The van der Waals surface area contributed by atoms with Crippen LogP contribution >= 0.6 is 0 Å². The number of halogens is 5. The second kappa shape index (κ2) is 7.58. The summed E-state index contributed by atoms with van der Waals surface area (Å²) in [5.41, 5.74) is -1.55. The van der Waals surface area contributed by atoms with E-state index in [2.05, 4.69) is 4.98 Å². The fraction of sp³-hybridized carbons (Fsp3) is 0.250. The van der Waals surface area contributed by atoms with Crippen molar-refractivity contribution in [3.8, 4) is 6.07 Å². The molecule has 1 aromatic carbocycles. The summed E-state index contributed by atoms with van der Waals surface area (Å²) in [4.78, 5) is 2.78. The number of rotatable bonds is 6. The summed E-state index contributed by atoms with van der Waals surface area (Å²) >= 11 is 0. The molecule has 0 aliphatic carbocycles. The summed E-state index contributed by atoms with van der Waals surface area (Å²) in [6, 6.07) is 3.56. The average Bonchev–Trinajstić information content (AvgIpc) is 2.61. The predicted octanol–water partition coefficient (Wildman–Crippen LogP) is 3.33. The molecule has 1 heterocycles. The SMILES string of the molecule is CCN(C(F)(c1ccc(F)cc1F)C(F)F)S(=O)(=O)c1cncc(C#N)c1. The van der Waals surface area contributed by atoms with Crippen molar-refractivity contribution in [2.45, 2.75) is 24.0 Å². The van der Waals surface area contributed by atoms with E-state index in [-0.39, 0.29) is 15.9 Å². The van der Waals surface area contributed by atoms with Gasteiger partial charge in [-0.05, 0) is 18.2 Å². The minimum absolute atomic E-state index is 0.171. The van der Waals surface area contributed by atoms with Crippen molar-refractivity contribution in [1.29, 1.82) is 5.26 Å². The first-order valence-electron chi connectivity index (χ1n) is 7.39. The number of nitrogens with zero attached hydrogens (tertiary/aromatic N) is 3. The molecule has 0 radical (unpaired) electrons. The van der Waals surface area contributed by atoms with Crippen molar-refractivity contribution in [3.05, 3.63) is 59.4 Å². The van der Waals surface area contributed by atoms with Gasteiger partial charge < -0.3 is 0 Å². The van der Waals surface area contributed by atoms with Gasteiger partial charge >= 0.3 is 0 Å². The van der Waals surface area contributed by atoms with E-state index in [1.165, 1.54) is 0 Å². The second-order valence-electron chi connectivity index (χ2n) is 5.29. The van der Waals surface area contributed by atoms with Gasteiger partial charge in [0.2, 0.25) is 10.0 Å². The van der Waals surface area contributed by atoms with E-state index in [0.29, 0.717) is 12.1 Å². The van der Waals surface area contributed by atoms with Gasteiger partial charge in [0.15, 0.2) is 0 Å². The Bertz CT molecular complexity index is 994. The van der Waals surface area contributed by atoms with Crippen LogP contribution in [0.1, 0.15) is 18.1 Å². The topological polar surface area (TPSA) is 74.1 Å². The second-order valence-corrected chi connectivity index (χ2v) is 7.15. The highest BCUT2D eigenvalue weighted by Gasteiger charge is 2.54. The molecular weight excluding hydrogens is 393 g/mol. The molecule has 0 spiro atoms. The Morgan fingerprint density at radius 2 is 1.93 bits per heavy atom. The van der Waals surface area contributed by atoms with Crippen LogP contribution in [0.4, 0.5) is 22.0 Å². The summed E-state index contributed by atoms with van der Waals surface area (Å²) in [5, 5.41) is 8.83. The number of benzene rings is 1. The molecule has 0 saturated heterocycles. The van der Waals surface area contributed by atoms with Crippen molar-refractivity contribution >= 4 is 10.0 Å². The first kappa shape index (κ1) is 20.7. The normalized spacial score (nSPS) is 14.2. The van der Waals surface area contributed by atoms with Crippen molar-refractivity contribution in [1.82, 2.24) is 9.29 Å². The Labute approximate surface area is 151 Å². The monoisotopic (exact) mass is 405 g/mol. The Hall–Kier alpha value is -2.58. The fourth-order valence-electron chi connectivity index (χ4n) is 2.46. The third kappa shape index (κ3) is 3.63. The highest BCUT2D eigenvalue weighted by Crippen LogP contribution is 2.41. The molecule has 1 atom stereocenters. The Morgan fingerprint density at radius 3 is 2.44 bits per heavy atom. The molecule has 0 bridgehead atoms. The smallest absolute Gasteiger partial charge is 0.262 e. The van der Waals surface area contributed by atoms with Gasteiger partial charge in [0.1, 0.15) is 22.6 Å². The van der Waals surface area contributed by atoms with Crippen LogP contribution in [0.25, 0.3) is 0 Å². The molecule has 0 N–H and O–H groups in total. The summed E-state index contributed by atoms with van der Waals surface area (Å²) in [6.07, 6.45) is -2.24. The summed E-state index contributed by atoms with van der Waals surface area (Å²) in [6.45, 7) is 0.258. The molecule has 11 heteroatoms. The number of aromatic nitrogens is 1. The minimum Gasteiger partial charge on any atom is -0.262 e. The molecule has 0 aliphatic heterocycles. The van der Waals surface area contributed by atoms with Crippen molar-refractivity contribution in [3.63, 3.8) is 0 Å². The van der Waals surface area contributed by atoms with Crippen LogP contribution in [0.3, 0.4) is 0 Å². The van der Waals surface area contributed by atoms with Gasteiger partial charge in [0.05, 0.1) is 5.56 Å². The standard InChI is InChI=1S/C16H12F5N3O2S/c1-2-24(27(25,26)12-5-10(7-22)8-23-9-12)16(21,15(19)20)13-4-3-11(17)6-14(13)18/h3-6,8-9,15H,2H2,1H3. The number of sulfonamides is 1. The zero-order valence-electron chi connectivity index (χ0n) is 13.7. The first-order chi connectivity index (χ1) is 12.6. The van der Waals surface area contributed by atoms with E-state index in [1.54, 1.807) is 6.07 Å². The third-order valence-electron chi connectivity index (χ3n) is 3.68. The van der Waals surface area contributed by atoms with Crippen molar-refractivity contribution in [2.75, 3.05) is 6.54 Å². The van der Waals surface area contributed by atoms with Gasteiger partial charge in [-0.2, -0.15) is 9.57 Å². The first-order valence-corrected chi connectivity index (χ1v) is 8.83. The lowest BCUT2D eigenvalue weighted by molar-refractivity contribution is -0.113. The van der Waals surface area contributed by atoms with E-state index >= 15 is 4.39 Å². The van der Waals surface area contributed by atoms with Gasteiger partial charge in [-0.25, -0.2) is 30.4 Å². The molecule has 5 nitrogen and oxygen atoms in total. The van der Waals surface area contributed by atoms with Crippen LogP contribution in [0.2, 0.25) is 0 Å². The highest BCUT2D eigenvalue weighted by atomic mass is 32.2. The molecule has 0 aliphatic rings. The van der Waals surface area contributed by atoms with E-state index in [0.717, 1.165) is 25.4 Å². The van der Waals surface area contributed by atoms with E-state index in [4.69, 9.17) is 5.26 Å². The Morgan fingerprint density at radius 1 is 1.26 bits per heavy atom. The number of alkyl halides is 3. The lowest BCUT2D eigenvalue weighted by Crippen LogP contribution is -2.51. The summed E-state index contributed by atoms with van der Waals surface area (Å²) < 4.78 is 95.1. The van der Waals surface area contributed by atoms with Crippen LogP contribution in [0.5, 0.6) is 0 Å². The number of hydrogen-bond donors (Lipinski definition) is 0. The molecule has 0 saturated carbocycles. The van der Waals surface area contributed by atoms with Crippen LogP contribution in [-0.2, 0) is 15.8 Å². The van der Waals surface area contributed by atoms with Crippen LogP contribution in [-0.4, -0.2) is 30.7 Å². The Kier molecular flexibility index (Phi) is 5.82. The van der Waals surface area contributed by atoms with Gasteiger partial charge in [0, 0.05) is 30.6 Å². The number of nitriles is 1. The molecule has 1 aromatic heterocycles. The number of hydrogen-bond acceptors (Lipinski definition) is 4. The lowest BCUT2D eigenvalue weighted by atomic mass is 10.0. The highest BCUT2D eigenvalue weighted by molar-refractivity contribution is 7.89. The minimum atomic E-state index is -4.96. The molecule has 144 valence electrons. The van der Waals surface area contributed by atoms with Crippen molar-refractivity contribution < 1.29 is 30.4 Å². The zero-order valence-corrected chi connectivity index (χ0v) is 14.5. The predicted molar refractivity (Wildman–Crippen MR) is 83.7 cm³/mol. The average molecular weight is 405 g/mol. The molecule has 0 fully saturated rings. The molecule has 1 unspecified atom stereocenters. The maximum Gasteiger partial charge on any atom is 0.291 e. The molecule has 27 heavy (non-hydrogen) atoms. The van der Waals surface area contributed by atoms with Gasteiger partial charge in [-0.3, -0.25) is 4.98 Å². The maximum absolute atomic E-state index is 15.4. The Balaban J connectivity index is 2.71. The van der Waals surface area contributed by atoms with E-state index < -0.39 is 50.9 Å². The van der Waals surface area contributed by atoms with Crippen LogP contribution < -0.4 is 0 Å². The third-order valence-corrected chi connectivity index (χ3v) is 5.60. The summed E-state index contributed by atoms with van der Waals surface area (Å²) in [5.74, 6) is -6.94. The number of pyridine rings is 1. The summed E-state index contributed by atoms with van der Waals surface area (Å²) in [7, 11) is -4.96.